The van der Waals surface area contributed by atoms with Crippen LogP contribution in [0.25, 0.3) is 22.0 Å². The molecule has 0 saturated carbocycles. The molecule has 2 aliphatic rings. The number of Topliss-reactive ketones (excluding diaryl/α,β-unsaturated/α-hetero) is 1. The number of aliphatic hydroxyl groups excluding tert-OH is 1. The third-order valence-corrected chi connectivity index (χ3v) is 14.9. The Balaban J connectivity index is 1.51. The minimum atomic E-state index is -1.35. The molecule has 8 atom stereocenters. The summed E-state index contributed by atoms with van der Waals surface area (Å²) in [6.45, 7) is 16.4. The maximum absolute atomic E-state index is 15.4. The molecule has 6 amide bonds. The lowest BCUT2D eigenvalue weighted by Gasteiger charge is -2.39. The van der Waals surface area contributed by atoms with Crippen molar-refractivity contribution in [2.45, 2.75) is 155 Å². The maximum atomic E-state index is 15.4. The number of nitrogens with zero attached hydrogens (tertiary/aromatic N) is 4. The number of fused-ring (bicyclic) bond motifs is 4. The predicted octanol–water partition coefficient (Wildman–Crippen LogP) is 5.48. The molecule has 4 heterocycles. The number of alkyl halides is 1. The number of aliphatic hydroxyl groups is 1. The number of aromatic nitrogens is 2. The Kier molecular flexibility index (Phi) is 18.8. The molecule has 75 heavy (non-hydrogen) atoms. The second kappa shape index (κ2) is 24.4. The van der Waals surface area contributed by atoms with E-state index in [1.165, 1.54) is 28.8 Å². The van der Waals surface area contributed by atoms with E-state index in [-0.39, 0.29) is 68.2 Å². The summed E-state index contributed by atoms with van der Waals surface area (Å²) in [5.74, 6) is -6.12. The number of carbonyl (C=O) groups excluding carboxylic acids is 7. The van der Waals surface area contributed by atoms with Gasteiger partial charge in [-0.3, -0.25) is 38.5 Å². The molecular formula is C56H75ClN8O10. The van der Waals surface area contributed by atoms with E-state index in [1.807, 2.05) is 76.6 Å². The molecule has 0 spiro atoms. The van der Waals surface area contributed by atoms with Gasteiger partial charge < -0.3 is 44.7 Å². The summed E-state index contributed by atoms with van der Waals surface area (Å²) in [5.41, 5.74) is 2.37. The number of ketones is 1. The van der Waals surface area contributed by atoms with Crippen LogP contribution in [0.5, 0.6) is 0 Å². The van der Waals surface area contributed by atoms with Crippen molar-refractivity contribution < 1.29 is 43.1 Å². The molecule has 2 aliphatic heterocycles. The number of likely N-dealkylation sites (N-methyl/N-ethyl adjacent to an activating group) is 2. The fourth-order valence-corrected chi connectivity index (χ4v) is 10.5. The van der Waals surface area contributed by atoms with E-state index in [9.17, 15) is 38.7 Å². The first kappa shape index (κ1) is 57.7. The van der Waals surface area contributed by atoms with Gasteiger partial charge in [0, 0.05) is 56.2 Å². The minimum absolute atomic E-state index is 0.0149. The quantitative estimate of drug-likeness (QED) is 0.0836. The van der Waals surface area contributed by atoms with Crippen LogP contribution in [0.1, 0.15) is 106 Å². The average Bonchev–Trinajstić information content (AvgIpc) is 3.93. The predicted molar refractivity (Wildman–Crippen MR) is 287 cm³/mol. The third kappa shape index (κ3) is 13.3. The molecule has 1 fully saturated rings. The highest BCUT2D eigenvalue weighted by molar-refractivity contribution is 6.18. The van der Waals surface area contributed by atoms with E-state index in [4.69, 9.17) is 16.0 Å². The Morgan fingerprint density at radius 1 is 0.800 bits per heavy atom. The van der Waals surface area contributed by atoms with E-state index in [2.05, 4.69) is 20.9 Å². The number of amides is 6. The first-order valence-corrected chi connectivity index (χ1v) is 26.4. The molecule has 0 aliphatic carbocycles. The average molecular weight is 1060 g/mol. The minimum Gasteiger partial charge on any atom is -0.408 e. The number of rotatable bonds is 13. The van der Waals surface area contributed by atoms with Crippen molar-refractivity contribution in [3.8, 4) is 0 Å². The Bertz CT molecular complexity index is 2900. The molecule has 5 N–H and O–H groups in total. The zero-order chi connectivity index (χ0) is 55.2. The molecule has 2 bridgehead atoms. The van der Waals surface area contributed by atoms with E-state index in [0.29, 0.717) is 22.2 Å². The van der Waals surface area contributed by atoms with Crippen molar-refractivity contribution in [1.82, 2.24) is 40.2 Å². The van der Waals surface area contributed by atoms with Gasteiger partial charge in [-0.2, -0.15) is 0 Å². The Hall–Kier alpha value is -6.53. The standard InChI is InChI=1S/C56H75ClN8O10/c1-12-13-17-38-49(68)60-41(27-36-30-65(56(8,9)48(67)28-57)42-18-15-14-16-37(36)42)53(72)62(10)43(21-31(2)3)50(69)59-39(25-35-19-20-47-40(26-35)61-55(74)75-47)46(66)24-34(7)52(71)63(11)45-23-33(6)29-64(54(45)73)44(22-32(4)5)51(70)58-38/h12-16,18-20,26,29-32,34,38-39,41,43-45,48,67H,17,21-25,27-28H2,1-11H3,(H,58,70)(H,59,69)(H,60,68)(H,61,74)/b13-12+/t34-,38+,39+,41+,43+,44+,45+,48-/m1/s1. The molecule has 4 aromatic rings. The van der Waals surface area contributed by atoms with Crippen molar-refractivity contribution in [3.63, 3.8) is 0 Å². The highest BCUT2D eigenvalue weighted by Crippen LogP contribution is 2.32. The number of oxazole rings is 1. The summed E-state index contributed by atoms with van der Waals surface area (Å²) in [6, 6.07) is 5.15. The number of H-pyrrole nitrogens is 1. The van der Waals surface area contributed by atoms with Gasteiger partial charge in [-0.05, 0) is 101 Å². The van der Waals surface area contributed by atoms with Crippen LogP contribution in [0.4, 0.5) is 0 Å². The van der Waals surface area contributed by atoms with Crippen LogP contribution in [-0.4, -0.2) is 133 Å². The highest BCUT2D eigenvalue weighted by Gasteiger charge is 2.43. The zero-order valence-electron chi connectivity index (χ0n) is 45.1. The second-order valence-electron chi connectivity index (χ2n) is 21.8. The second-order valence-corrected chi connectivity index (χ2v) is 22.1. The largest absolute Gasteiger partial charge is 0.417 e. The lowest BCUT2D eigenvalue weighted by Crippen LogP contribution is -2.60. The van der Waals surface area contributed by atoms with Gasteiger partial charge >= 0.3 is 5.76 Å². The summed E-state index contributed by atoms with van der Waals surface area (Å²) in [6.07, 6.45) is 5.91. The SMILES string of the molecule is C/C=C/C[C@@H]1NC(=O)[C@H](CC(C)C)N2C=C(C)C[C@@H](C2=O)N(C)C(=O)[C@H](C)CC(=O)[C@H](Cc2ccc3oc(=O)[nH]c3c2)NC(=O)[C@H](CC(C)C)N(C)C(=O)[C@H](Cc2cn(C(C)(C)[C@H](O)CCl)c3ccccc23)NC1=O. The van der Waals surface area contributed by atoms with Crippen LogP contribution in [0, 0.1) is 17.8 Å². The first-order valence-electron chi connectivity index (χ1n) is 25.9. The number of hydrogen-bond donors (Lipinski definition) is 5. The monoisotopic (exact) mass is 1050 g/mol. The van der Waals surface area contributed by atoms with Crippen LogP contribution in [-0.2, 0) is 51.9 Å². The van der Waals surface area contributed by atoms with Crippen molar-refractivity contribution in [2.24, 2.45) is 17.8 Å². The molecule has 2 aromatic heterocycles. The van der Waals surface area contributed by atoms with E-state index >= 15 is 4.79 Å². The van der Waals surface area contributed by atoms with Gasteiger partial charge in [-0.15, -0.1) is 11.6 Å². The maximum Gasteiger partial charge on any atom is 0.417 e. The highest BCUT2D eigenvalue weighted by atomic mass is 35.5. The Morgan fingerprint density at radius 3 is 2.11 bits per heavy atom. The van der Waals surface area contributed by atoms with Crippen molar-refractivity contribution >= 4 is 74.8 Å². The van der Waals surface area contributed by atoms with Crippen LogP contribution in [0.15, 0.2) is 81.8 Å². The summed E-state index contributed by atoms with van der Waals surface area (Å²) in [7, 11) is 2.97. The van der Waals surface area contributed by atoms with Gasteiger partial charge in [0.25, 0.3) is 0 Å². The topological polar surface area (TPSA) is 236 Å². The first-order chi connectivity index (χ1) is 35.4. The van der Waals surface area contributed by atoms with Gasteiger partial charge in [0.15, 0.2) is 11.4 Å². The lowest BCUT2D eigenvalue weighted by atomic mass is 9.92. The zero-order valence-corrected chi connectivity index (χ0v) is 45.8. The molecule has 18 nitrogen and oxygen atoms in total. The van der Waals surface area contributed by atoms with Crippen molar-refractivity contribution in [2.75, 3.05) is 20.0 Å². The number of allylic oxidation sites excluding steroid dienone is 1. The fraction of sp³-hybridized carbons (Fsp3) is 0.536. The van der Waals surface area contributed by atoms with Crippen LogP contribution in [0.3, 0.4) is 0 Å². The summed E-state index contributed by atoms with van der Waals surface area (Å²) in [4.78, 5) is 122. The normalized spacial score (nSPS) is 24.0. The summed E-state index contributed by atoms with van der Waals surface area (Å²) in [5, 5.41) is 20.7. The molecule has 19 heteroatoms. The number of benzene rings is 2. The molecule has 6 rings (SSSR count). The van der Waals surface area contributed by atoms with Gasteiger partial charge in [0.05, 0.1) is 29.1 Å². The molecular weight excluding hydrogens is 980 g/mol. The fourth-order valence-electron chi connectivity index (χ4n) is 10.2. The number of aromatic amines is 1. The molecule has 0 radical (unpaired) electrons. The molecule has 1 saturated heterocycles. The third-order valence-electron chi connectivity index (χ3n) is 14.6. The van der Waals surface area contributed by atoms with Crippen molar-refractivity contribution in [3.05, 3.63) is 94.3 Å². The summed E-state index contributed by atoms with van der Waals surface area (Å²) >= 11 is 6.21. The smallest absolute Gasteiger partial charge is 0.408 e. The van der Waals surface area contributed by atoms with Gasteiger partial charge in [-0.25, -0.2) is 4.79 Å². The van der Waals surface area contributed by atoms with Crippen molar-refractivity contribution in [1.29, 1.82) is 0 Å². The lowest BCUT2D eigenvalue weighted by molar-refractivity contribution is -0.149. The van der Waals surface area contributed by atoms with Crippen LogP contribution >= 0.6 is 11.6 Å². The van der Waals surface area contributed by atoms with E-state index in [0.717, 1.165) is 10.9 Å². The number of carbonyl (C=O) groups is 7. The Morgan fingerprint density at radius 2 is 1.44 bits per heavy atom. The molecule has 406 valence electrons. The number of hydrogen-bond acceptors (Lipinski definition) is 10. The van der Waals surface area contributed by atoms with E-state index in [1.54, 1.807) is 57.3 Å². The van der Waals surface area contributed by atoms with Gasteiger partial charge in [-0.1, -0.05) is 76.6 Å². The van der Waals surface area contributed by atoms with E-state index < -0.39 is 101 Å². The van der Waals surface area contributed by atoms with Crippen LogP contribution in [0.2, 0.25) is 0 Å². The van der Waals surface area contributed by atoms with Gasteiger partial charge in [0.2, 0.25) is 35.4 Å². The molecule has 2 aromatic carbocycles. The van der Waals surface area contributed by atoms with Crippen LogP contribution < -0.4 is 21.7 Å². The van der Waals surface area contributed by atoms with Gasteiger partial charge in [0.1, 0.15) is 30.2 Å². The molecule has 0 unspecified atom stereocenters. The number of para-hydroxylation sites is 1. The Labute approximate surface area is 443 Å². The summed E-state index contributed by atoms with van der Waals surface area (Å²) < 4.78 is 7.10. The number of halogens is 1. The number of nitrogens with one attached hydrogen (secondary N) is 4.